The Hall–Kier alpha value is -1.45. The van der Waals surface area contributed by atoms with E-state index in [9.17, 15) is 4.79 Å². The Balaban J connectivity index is 3.09. The summed E-state index contributed by atoms with van der Waals surface area (Å²) < 4.78 is 1.90. The van der Waals surface area contributed by atoms with Crippen molar-refractivity contribution in [1.29, 1.82) is 0 Å². The van der Waals surface area contributed by atoms with Crippen LogP contribution in [0.1, 0.15) is 5.56 Å². The molecule has 0 amide bonds. The SMILES string of the molecule is Bc1cc(C)c2c(=O)[nH]ccn12. The van der Waals surface area contributed by atoms with Gasteiger partial charge in [-0.3, -0.25) is 4.79 Å². The van der Waals surface area contributed by atoms with Gasteiger partial charge in [0, 0.05) is 12.4 Å². The van der Waals surface area contributed by atoms with Gasteiger partial charge in [-0.05, 0) is 24.1 Å². The summed E-state index contributed by atoms with van der Waals surface area (Å²) in [6.07, 6.45) is 3.51. The Bertz CT molecular complexity index is 483. The number of fused-ring (bicyclic) bond motifs is 1. The van der Waals surface area contributed by atoms with Crippen LogP contribution >= 0.6 is 0 Å². The van der Waals surface area contributed by atoms with Gasteiger partial charge in [0.1, 0.15) is 5.52 Å². The molecule has 0 aliphatic carbocycles. The van der Waals surface area contributed by atoms with Crippen LogP contribution in [-0.4, -0.2) is 17.2 Å². The summed E-state index contributed by atoms with van der Waals surface area (Å²) in [5.41, 5.74) is 2.83. The summed E-state index contributed by atoms with van der Waals surface area (Å²) in [5.74, 6) is 0. The molecule has 2 rings (SSSR count). The predicted molar refractivity (Wildman–Crippen MR) is 50.9 cm³/mol. The van der Waals surface area contributed by atoms with Crippen LogP contribution in [0, 0.1) is 6.92 Å². The molecule has 0 saturated heterocycles. The fraction of sp³-hybridized carbons (Fsp3) is 0.125. The first-order chi connectivity index (χ1) is 5.70. The fourth-order valence-corrected chi connectivity index (χ4v) is 1.55. The van der Waals surface area contributed by atoms with E-state index < -0.39 is 0 Å². The molecule has 2 aromatic heterocycles. The molecule has 0 saturated carbocycles. The second kappa shape index (κ2) is 2.27. The molecule has 0 atom stereocenters. The van der Waals surface area contributed by atoms with Crippen LogP contribution in [0.25, 0.3) is 5.52 Å². The highest BCUT2D eigenvalue weighted by Crippen LogP contribution is 2.01. The van der Waals surface area contributed by atoms with Gasteiger partial charge in [-0.15, -0.1) is 0 Å². The van der Waals surface area contributed by atoms with Crippen molar-refractivity contribution in [2.75, 3.05) is 0 Å². The average molecular weight is 160 g/mol. The van der Waals surface area contributed by atoms with E-state index in [0.29, 0.717) is 0 Å². The molecular formula is C8H9BN2O. The standard InChI is InChI=1S/C8H9BN2O/c1-5-4-6(9)11-3-2-10-8(12)7(5)11/h2-4H,9H2,1H3,(H,10,12). The van der Waals surface area contributed by atoms with Gasteiger partial charge in [-0.2, -0.15) is 0 Å². The van der Waals surface area contributed by atoms with E-state index in [2.05, 4.69) is 4.98 Å². The third kappa shape index (κ3) is 0.810. The van der Waals surface area contributed by atoms with E-state index in [1.165, 1.54) is 0 Å². The molecule has 1 N–H and O–H groups in total. The van der Waals surface area contributed by atoms with Gasteiger partial charge < -0.3 is 9.38 Å². The van der Waals surface area contributed by atoms with E-state index in [1.54, 1.807) is 6.20 Å². The van der Waals surface area contributed by atoms with E-state index >= 15 is 0 Å². The molecule has 2 aromatic rings. The number of rotatable bonds is 0. The highest BCUT2D eigenvalue weighted by molar-refractivity contribution is 6.31. The molecule has 4 heteroatoms. The zero-order chi connectivity index (χ0) is 8.72. The zero-order valence-corrected chi connectivity index (χ0v) is 7.09. The van der Waals surface area contributed by atoms with Crippen LogP contribution < -0.4 is 11.2 Å². The molecule has 2 heterocycles. The fourth-order valence-electron chi connectivity index (χ4n) is 1.55. The number of nitrogens with zero attached hydrogens (tertiary/aromatic N) is 1. The van der Waals surface area contributed by atoms with Crippen LogP contribution in [0.15, 0.2) is 23.3 Å². The number of nitrogens with one attached hydrogen (secondary N) is 1. The van der Waals surface area contributed by atoms with Crippen molar-refractivity contribution in [3.05, 3.63) is 34.4 Å². The molecular weight excluding hydrogens is 151 g/mol. The van der Waals surface area contributed by atoms with Crippen LogP contribution in [0.2, 0.25) is 0 Å². The summed E-state index contributed by atoms with van der Waals surface area (Å²) in [5, 5.41) is 0. The minimum absolute atomic E-state index is 0.0249. The van der Waals surface area contributed by atoms with Crippen molar-refractivity contribution in [3.8, 4) is 0 Å². The lowest BCUT2D eigenvalue weighted by Crippen LogP contribution is -2.15. The number of aryl methyl sites for hydroxylation is 1. The Morgan fingerprint density at radius 2 is 2.33 bits per heavy atom. The van der Waals surface area contributed by atoms with E-state index in [4.69, 9.17) is 0 Å². The molecule has 60 valence electrons. The lowest BCUT2D eigenvalue weighted by atomic mass is 10.1. The zero-order valence-electron chi connectivity index (χ0n) is 7.09. The quantitative estimate of drug-likeness (QED) is 0.503. The summed E-state index contributed by atoms with van der Waals surface area (Å²) >= 11 is 0. The maximum Gasteiger partial charge on any atom is 0.272 e. The molecule has 12 heavy (non-hydrogen) atoms. The summed E-state index contributed by atoms with van der Waals surface area (Å²) in [4.78, 5) is 14.0. The Morgan fingerprint density at radius 3 is 3.00 bits per heavy atom. The van der Waals surface area contributed by atoms with Gasteiger partial charge in [0.05, 0.1) is 0 Å². The second-order valence-electron chi connectivity index (χ2n) is 2.98. The minimum atomic E-state index is -0.0249. The van der Waals surface area contributed by atoms with E-state index in [1.807, 2.05) is 31.4 Å². The molecule has 0 aliphatic rings. The van der Waals surface area contributed by atoms with Crippen molar-refractivity contribution in [2.24, 2.45) is 0 Å². The Kier molecular flexibility index (Phi) is 1.36. The van der Waals surface area contributed by atoms with E-state index in [0.717, 1.165) is 16.7 Å². The highest BCUT2D eigenvalue weighted by Gasteiger charge is 2.03. The summed E-state index contributed by atoms with van der Waals surface area (Å²) in [7, 11) is 1.99. The lowest BCUT2D eigenvalue weighted by molar-refractivity contribution is 1.12. The van der Waals surface area contributed by atoms with Crippen molar-refractivity contribution in [3.63, 3.8) is 0 Å². The third-order valence-electron chi connectivity index (χ3n) is 2.07. The number of aromatic amines is 1. The Labute approximate surface area is 70.4 Å². The van der Waals surface area contributed by atoms with Crippen molar-refractivity contribution in [1.82, 2.24) is 9.38 Å². The predicted octanol–water partition coefficient (Wildman–Crippen LogP) is -0.806. The first-order valence-electron chi connectivity index (χ1n) is 3.86. The highest BCUT2D eigenvalue weighted by atomic mass is 16.1. The van der Waals surface area contributed by atoms with Crippen LogP contribution in [0.5, 0.6) is 0 Å². The topological polar surface area (TPSA) is 37.3 Å². The van der Waals surface area contributed by atoms with Crippen molar-refractivity contribution >= 4 is 19.0 Å². The number of hydrogen-bond donors (Lipinski definition) is 1. The third-order valence-corrected chi connectivity index (χ3v) is 2.07. The van der Waals surface area contributed by atoms with Crippen molar-refractivity contribution in [2.45, 2.75) is 6.92 Å². The number of hydrogen-bond acceptors (Lipinski definition) is 1. The first kappa shape index (κ1) is 7.22. The summed E-state index contributed by atoms with van der Waals surface area (Å²) in [6, 6.07) is 2.00. The van der Waals surface area contributed by atoms with Crippen LogP contribution in [0.3, 0.4) is 0 Å². The normalized spacial score (nSPS) is 10.8. The molecule has 0 radical (unpaired) electrons. The van der Waals surface area contributed by atoms with E-state index in [-0.39, 0.29) is 5.56 Å². The Morgan fingerprint density at radius 1 is 1.58 bits per heavy atom. The van der Waals surface area contributed by atoms with Gasteiger partial charge in [-0.25, -0.2) is 0 Å². The smallest absolute Gasteiger partial charge is 0.272 e. The molecule has 0 bridgehead atoms. The van der Waals surface area contributed by atoms with Gasteiger partial charge in [0.15, 0.2) is 7.85 Å². The van der Waals surface area contributed by atoms with Crippen LogP contribution in [-0.2, 0) is 0 Å². The molecule has 0 spiro atoms. The summed E-state index contributed by atoms with van der Waals surface area (Å²) in [6.45, 7) is 1.94. The van der Waals surface area contributed by atoms with Gasteiger partial charge in [-0.1, -0.05) is 0 Å². The lowest BCUT2D eigenvalue weighted by Gasteiger charge is -1.95. The minimum Gasteiger partial charge on any atom is -0.326 e. The van der Waals surface area contributed by atoms with Gasteiger partial charge in [0.25, 0.3) is 5.56 Å². The number of aromatic nitrogens is 2. The van der Waals surface area contributed by atoms with Gasteiger partial charge >= 0.3 is 0 Å². The van der Waals surface area contributed by atoms with Crippen LogP contribution in [0.4, 0.5) is 0 Å². The largest absolute Gasteiger partial charge is 0.326 e. The van der Waals surface area contributed by atoms with Gasteiger partial charge in [0.2, 0.25) is 0 Å². The molecule has 0 unspecified atom stereocenters. The van der Waals surface area contributed by atoms with Crippen molar-refractivity contribution < 1.29 is 0 Å². The maximum atomic E-state index is 11.3. The molecule has 0 aliphatic heterocycles. The average Bonchev–Trinajstić information content (AvgIpc) is 2.29. The first-order valence-corrected chi connectivity index (χ1v) is 3.86. The molecule has 0 aromatic carbocycles. The molecule has 3 nitrogen and oxygen atoms in total. The second-order valence-corrected chi connectivity index (χ2v) is 2.98. The molecule has 0 fully saturated rings. The maximum absolute atomic E-state index is 11.3. The number of H-pyrrole nitrogens is 1. The monoisotopic (exact) mass is 160 g/mol.